The summed E-state index contributed by atoms with van der Waals surface area (Å²) in [6.07, 6.45) is 2.00. The maximum Gasteiger partial charge on any atom is 0.227 e. The molecule has 0 aliphatic carbocycles. The first kappa shape index (κ1) is 11.3. The molecule has 5 heteroatoms. The van der Waals surface area contributed by atoms with E-state index in [4.69, 9.17) is 5.26 Å². The van der Waals surface area contributed by atoms with E-state index in [1.165, 1.54) is 16.7 Å². The van der Waals surface area contributed by atoms with Gasteiger partial charge in [0.05, 0.1) is 0 Å². The molecule has 17 heavy (non-hydrogen) atoms. The smallest absolute Gasteiger partial charge is 0.227 e. The molecule has 0 bridgehead atoms. The number of amides is 1. The quantitative estimate of drug-likeness (QED) is 0.461. The van der Waals surface area contributed by atoms with E-state index in [1.54, 1.807) is 12.3 Å². The molecule has 0 aliphatic heterocycles. The number of hydrogen-bond acceptors (Lipinski definition) is 4. The van der Waals surface area contributed by atoms with Crippen molar-refractivity contribution in [3.05, 3.63) is 39.4 Å². The Kier molecular flexibility index (Phi) is 2.90. The predicted molar refractivity (Wildman–Crippen MR) is 67.0 cm³/mol. The molecule has 2 rings (SSSR count). The summed E-state index contributed by atoms with van der Waals surface area (Å²) in [5, 5.41) is 10.8. The van der Waals surface area contributed by atoms with Crippen LogP contribution in [0.25, 0.3) is 10.1 Å². The highest BCUT2D eigenvalue weighted by atomic mass is 32.1. The standard InChI is InChI=1S/C12H8N2O2S/c1-8-2-3-11-9(4-8)12(16)10(5-17-11)14(6-13)7-15/h2-5,7H,1H3. The third-order valence-corrected chi connectivity index (χ3v) is 3.33. The highest BCUT2D eigenvalue weighted by Gasteiger charge is 2.11. The lowest BCUT2D eigenvalue weighted by Crippen LogP contribution is -2.20. The number of fused-ring (bicyclic) bond motifs is 1. The summed E-state index contributed by atoms with van der Waals surface area (Å²) in [6, 6.07) is 5.54. The Balaban J connectivity index is 2.78. The topological polar surface area (TPSA) is 61.2 Å². The zero-order valence-corrected chi connectivity index (χ0v) is 9.82. The molecule has 1 aromatic carbocycles. The van der Waals surface area contributed by atoms with E-state index < -0.39 is 0 Å². The molecule has 1 aromatic heterocycles. The van der Waals surface area contributed by atoms with Crippen molar-refractivity contribution in [3.8, 4) is 6.19 Å². The first-order chi connectivity index (χ1) is 8.17. The molecule has 0 saturated carbocycles. The molecule has 0 atom stereocenters. The Bertz CT molecular complexity index is 685. The van der Waals surface area contributed by atoms with Crippen molar-refractivity contribution < 1.29 is 4.79 Å². The lowest BCUT2D eigenvalue weighted by atomic mass is 10.2. The van der Waals surface area contributed by atoms with Crippen molar-refractivity contribution >= 4 is 33.5 Å². The van der Waals surface area contributed by atoms with Crippen molar-refractivity contribution in [1.82, 2.24) is 0 Å². The van der Waals surface area contributed by atoms with Crippen LogP contribution < -0.4 is 10.3 Å². The highest BCUT2D eigenvalue weighted by Crippen LogP contribution is 2.21. The van der Waals surface area contributed by atoms with Crippen molar-refractivity contribution in [2.24, 2.45) is 0 Å². The van der Waals surface area contributed by atoms with Crippen LogP contribution in [0.5, 0.6) is 0 Å². The second-order valence-corrected chi connectivity index (χ2v) is 4.44. The van der Waals surface area contributed by atoms with Gasteiger partial charge in [0.15, 0.2) is 6.19 Å². The molecular weight excluding hydrogens is 236 g/mol. The minimum absolute atomic E-state index is 0.102. The third-order valence-electron chi connectivity index (χ3n) is 2.38. The Morgan fingerprint density at radius 2 is 2.24 bits per heavy atom. The van der Waals surface area contributed by atoms with E-state index in [-0.39, 0.29) is 11.1 Å². The lowest BCUT2D eigenvalue weighted by Gasteiger charge is -2.06. The molecule has 0 radical (unpaired) electrons. The molecule has 1 amide bonds. The molecular formula is C12H8N2O2S. The maximum atomic E-state index is 12.1. The van der Waals surface area contributed by atoms with Crippen LogP contribution in [-0.4, -0.2) is 6.41 Å². The van der Waals surface area contributed by atoms with Gasteiger partial charge < -0.3 is 0 Å². The van der Waals surface area contributed by atoms with Gasteiger partial charge in [-0.2, -0.15) is 5.26 Å². The van der Waals surface area contributed by atoms with Gasteiger partial charge in [-0.1, -0.05) is 11.6 Å². The number of rotatable bonds is 2. The first-order valence-corrected chi connectivity index (χ1v) is 5.72. The maximum absolute atomic E-state index is 12.1. The fourth-order valence-electron chi connectivity index (χ4n) is 1.54. The van der Waals surface area contributed by atoms with Crippen LogP contribution in [-0.2, 0) is 4.79 Å². The van der Waals surface area contributed by atoms with E-state index in [9.17, 15) is 9.59 Å². The number of nitrogens with zero attached hydrogens (tertiary/aromatic N) is 2. The van der Waals surface area contributed by atoms with Gasteiger partial charge in [-0.15, -0.1) is 11.3 Å². The summed E-state index contributed by atoms with van der Waals surface area (Å²) in [7, 11) is 0. The van der Waals surface area contributed by atoms with Crippen molar-refractivity contribution in [2.75, 3.05) is 4.90 Å². The van der Waals surface area contributed by atoms with Crippen molar-refractivity contribution in [3.63, 3.8) is 0 Å². The van der Waals surface area contributed by atoms with E-state index in [1.807, 2.05) is 19.1 Å². The molecule has 2 aromatic rings. The summed E-state index contributed by atoms with van der Waals surface area (Å²) in [4.78, 5) is 23.5. The summed E-state index contributed by atoms with van der Waals surface area (Å²) in [5.41, 5.74) is 0.773. The molecule has 84 valence electrons. The lowest BCUT2D eigenvalue weighted by molar-refractivity contribution is -0.106. The van der Waals surface area contributed by atoms with Crippen LogP contribution in [0.2, 0.25) is 0 Å². The van der Waals surface area contributed by atoms with Gasteiger partial charge >= 0.3 is 0 Å². The average Bonchev–Trinajstić information content (AvgIpc) is 2.34. The van der Waals surface area contributed by atoms with Gasteiger partial charge in [0, 0.05) is 15.5 Å². The fraction of sp³-hybridized carbons (Fsp3) is 0.0833. The van der Waals surface area contributed by atoms with E-state index >= 15 is 0 Å². The molecule has 0 aliphatic rings. The van der Waals surface area contributed by atoms with Crippen molar-refractivity contribution in [2.45, 2.75) is 6.92 Å². The summed E-state index contributed by atoms with van der Waals surface area (Å²) in [5.74, 6) is 0. The number of benzene rings is 1. The number of aryl methyl sites for hydroxylation is 1. The SMILES string of the molecule is Cc1ccc2scc(N(C#N)C=O)c(=O)c2c1. The number of carbonyl (C=O) groups excluding carboxylic acids is 1. The molecule has 4 nitrogen and oxygen atoms in total. The molecule has 1 heterocycles. The van der Waals surface area contributed by atoms with Crippen LogP contribution in [0.15, 0.2) is 28.4 Å². The Morgan fingerprint density at radius 1 is 1.47 bits per heavy atom. The van der Waals surface area contributed by atoms with Gasteiger partial charge in [0.1, 0.15) is 5.69 Å². The van der Waals surface area contributed by atoms with Crippen LogP contribution in [0.1, 0.15) is 5.56 Å². The molecule has 0 fully saturated rings. The Hall–Kier alpha value is -2.19. The predicted octanol–water partition coefficient (Wildman–Crippen LogP) is 2.01. The molecule has 0 spiro atoms. The summed E-state index contributed by atoms with van der Waals surface area (Å²) >= 11 is 1.33. The van der Waals surface area contributed by atoms with Gasteiger partial charge in [-0.25, -0.2) is 4.90 Å². The highest BCUT2D eigenvalue weighted by molar-refractivity contribution is 7.16. The zero-order chi connectivity index (χ0) is 12.4. The second-order valence-electron chi connectivity index (χ2n) is 3.53. The van der Waals surface area contributed by atoms with Gasteiger partial charge in [0.2, 0.25) is 11.8 Å². The minimum Gasteiger partial charge on any atom is -0.287 e. The fourth-order valence-corrected chi connectivity index (χ4v) is 2.42. The number of hydrogen-bond donors (Lipinski definition) is 0. The second kappa shape index (κ2) is 4.36. The summed E-state index contributed by atoms with van der Waals surface area (Å²) in [6.45, 7) is 1.89. The molecule has 0 unspecified atom stereocenters. The third kappa shape index (κ3) is 1.90. The van der Waals surface area contributed by atoms with Crippen molar-refractivity contribution in [1.29, 1.82) is 5.26 Å². The Labute approximate surface area is 101 Å². The normalized spacial score (nSPS) is 9.88. The van der Waals surface area contributed by atoms with Gasteiger partial charge in [-0.3, -0.25) is 9.59 Å². The van der Waals surface area contributed by atoms with Crippen LogP contribution in [0.3, 0.4) is 0 Å². The van der Waals surface area contributed by atoms with E-state index in [0.29, 0.717) is 11.8 Å². The Morgan fingerprint density at radius 3 is 2.88 bits per heavy atom. The van der Waals surface area contributed by atoms with Gasteiger partial charge in [-0.05, 0) is 19.1 Å². The monoisotopic (exact) mass is 244 g/mol. The largest absolute Gasteiger partial charge is 0.287 e. The minimum atomic E-state index is -0.295. The zero-order valence-electron chi connectivity index (χ0n) is 9.01. The summed E-state index contributed by atoms with van der Waals surface area (Å²) < 4.78 is 0.841. The average molecular weight is 244 g/mol. The first-order valence-electron chi connectivity index (χ1n) is 4.84. The number of anilines is 1. The number of nitriles is 1. The van der Waals surface area contributed by atoms with Crippen LogP contribution >= 0.6 is 11.3 Å². The number of carbonyl (C=O) groups is 1. The molecule has 0 N–H and O–H groups in total. The van der Waals surface area contributed by atoms with E-state index in [0.717, 1.165) is 15.2 Å². The van der Waals surface area contributed by atoms with Crippen LogP contribution in [0, 0.1) is 18.4 Å². The van der Waals surface area contributed by atoms with E-state index in [2.05, 4.69) is 0 Å². The van der Waals surface area contributed by atoms with Gasteiger partial charge in [0.25, 0.3) is 0 Å². The van der Waals surface area contributed by atoms with Crippen LogP contribution in [0.4, 0.5) is 5.69 Å². The molecule has 0 saturated heterocycles.